The molecule has 2 aromatic rings. The number of ether oxygens (including phenoxy) is 1. The number of carbonyl (C=O) groups excluding carboxylic acids is 2. The molecule has 3 rings (SSSR count). The third kappa shape index (κ3) is 3.14. The summed E-state index contributed by atoms with van der Waals surface area (Å²) >= 11 is 0. The third-order valence-corrected chi connectivity index (χ3v) is 4.36. The summed E-state index contributed by atoms with van der Waals surface area (Å²) in [5, 5.41) is 2.78. The van der Waals surface area contributed by atoms with Crippen LogP contribution in [-0.2, 0) is 19.5 Å². The first-order chi connectivity index (χ1) is 12.5. The summed E-state index contributed by atoms with van der Waals surface area (Å²) in [5.74, 6) is 0.707. The van der Waals surface area contributed by atoms with Gasteiger partial charge in [-0.3, -0.25) is 9.59 Å². The van der Waals surface area contributed by atoms with Crippen molar-refractivity contribution in [2.45, 2.75) is 40.3 Å². The van der Waals surface area contributed by atoms with Gasteiger partial charge in [-0.2, -0.15) is 0 Å². The van der Waals surface area contributed by atoms with E-state index in [4.69, 9.17) is 9.15 Å². The van der Waals surface area contributed by atoms with Crippen LogP contribution in [0.2, 0.25) is 0 Å². The minimum Gasteiger partial charge on any atom is -0.481 e. The Morgan fingerprint density at radius 3 is 2.77 bits per heavy atom. The van der Waals surface area contributed by atoms with E-state index in [1.165, 1.54) is 7.11 Å². The number of amides is 2. The molecule has 8 nitrogen and oxygen atoms in total. The molecular formula is C18H22N4O4. The van der Waals surface area contributed by atoms with E-state index in [1.807, 2.05) is 13.8 Å². The van der Waals surface area contributed by atoms with Crippen LogP contribution in [0.4, 0.5) is 0 Å². The fourth-order valence-corrected chi connectivity index (χ4v) is 2.93. The topological polar surface area (TPSA) is 97.6 Å². The zero-order chi connectivity index (χ0) is 18.8. The number of aromatic nitrogens is 2. The number of nitrogens with one attached hydrogen (secondary N) is 1. The summed E-state index contributed by atoms with van der Waals surface area (Å²) in [6.45, 7) is 6.83. The standard InChI is InChI=1S/C18H22N4O4/c1-5-14-20-10(3)15(26-14)16(23)19-8-11-7-12-13(21-17(11)25-4)9-22(6-2)18(12)24/h7H,5-6,8-9H2,1-4H3,(H,19,23). The lowest BCUT2D eigenvalue weighted by Gasteiger charge is -2.10. The SMILES string of the molecule is CCc1nc(C)c(C(=O)NCc2cc3c(nc2OC)CN(CC)C3=O)o1. The number of nitrogens with zero attached hydrogens (tertiary/aromatic N) is 3. The molecule has 2 amide bonds. The fraction of sp³-hybridized carbons (Fsp3) is 0.444. The van der Waals surface area contributed by atoms with E-state index in [0.717, 1.165) is 0 Å². The van der Waals surface area contributed by atoms with Gasteiger partial charge >= 0.3 is 0 Å². The van der Waals surface area contributed by atoms with Crippen molar-refractivity contribution >= 4 is 11.8 Å². The van der Waals surface area contributed by atoms with Gasteiger partial charge in [0.25, 0.3) is 11.8 Å². The number of fused-ring (bicyclic) bond motifs is 1. The number of rotatable bonds is 6. The summed E-state index contributed by atoms with van der Waals surface area (Å²) in [7, 11) is 1.52. The predicted octanol–water partition coefficient (Wildman–Crippen LogP) is 1.85. The van der Waals surface area contributed by atoms with E-state index in [-0.39, 0.29) is 24.1 Å². The van der Waals surface area contributed by atoms with Crippen LogP contribution in [0.25, 0.3) is 0 Å². The van der Waals surface area contributed by atoms with Crippen molar-refractivity contribution in [1.82, 2.24) is 20.2 Å². The Labute approximate surface area is 151 Å². The lowest BCUT2D eigenvalue weighted by atomic mass is 10.1. The van der Waals surface area contributed by atoms with Crippen LogP contribution >= 0.6 is 0 Å². The highest BCUT2D eigenvalue weighted by Crippen LogP contribution is 2.27. The normalized spacial score (nSPS) is 13.1. The van der Waals surface area contributed by atoms with Crippen LogP contribution in [0, 0.1) is 6.92 Å². The second kappa shape index (κ2) is 7.15. The smallest absolute Gasteiger partial charge is 0.289 e. The maximum atomic E-state index is 12.4. The van der Waals surface area contributed by atoms with Crippen LogP contribution in [0.1, 0.15) is 57.6 Å². The quantitative estimate of drug-likeness (QED) is 0.846. The first kappa shape index (κ1) is 17.9. The average molecular weight is 358 g/mol. The molecule has 0 atom stereocenters. The van der Waals surface area contributed by atoms with Crippen molar-refractivity contribution in [2.24, 2.45) is 0 Å². The highest BCUT2D eigenvalue weighted by atomic mass is 16.5. The first-order valence-electron chi connectivity index (χ1n) is 8.59. The second-order valence-corrected chi connectivity index (χ2v) is 6.03. The minimum atomic E-state index is -0.362. The molecule has 0 aliphatic carbocycles. The molecule has 0 saturated heterocycles. The van der Waals surface area contributed by atoms with Gasteiger partial charge in [-0.05, 0) is 19.9 Å². The summed E-state index contributed by atoms with van der Waals surface area (Å²) < 4.78 is 10.8. The molecule has 26 heavy (non-hydrogen) atoms. The molecule has 138 valence electrons. The Hall–Kier alpha value is -2.90. The number of hydrogen-bond donors (Lipinski definition) is 1. The Balaban J connectivity index is 1.80. The number of hydrogen-bond acceptors (Lipinski definition) is 6. The van der Waals surface area contributed by atoms with Crippen LogP contribution in [0.5, 0.6) is 5.88 Å². The van der Waals surface area contributed by atoms with Gasteiger partial charge in [0.2, 0.25) is 11.6 Å². The molecule has 1 N–H and O–H groups in total. The van der Waals surface area contributed by atoms with Crippen LogP contribution in [0.3, 0.4) is 0 Å². The molecule has 0 unspecified atom stereocenters. The Morgan fingerprint density at radius 1 is 1.38 bits per heavy atom. The molecule has 8 heteroatoms. The zero-order valence-electron chi connectivity index (χ0n) is 15.4. The van der Waals surface area contributed by atoms with Crippen molar-refractivity contribution in [3.8, 4) is 5.88 Å². The number of methoxy groups -OCH3 is 1. The maximum absolute atomic E-state index is 12.4. The summed E-state index contributed by atoms with van der Waals surface area (Å²) in [4.78, 5) is 35.1. The van der Waals surface area contributed by atoms with Gasteiger partial charge in [0.05, 0.1) is 30.6 Å². The highest BCUT2D eigenvalue weighted by Gasteiger charge is 2.29. The molecule has 0 spiro atoms. The number of aryl methyl sites for hydroxylation is 2. The van der Waals surface area contributed by atoms with E-state index < -0.39 is 0 Å². The molecule has 3 heterocycles. The largest absolute Gasteiger partial charge is 0.481 e. The lowest BCUT2D eigenvalue weighted by Crippen LogP contribution is -2.24. The van der Waals surface area contributed by atoms with Crippen LogP contribution in [-0.4, -0.2) is 40.3 Å². The molecule has 1 aliphatic rings. The number of oxazole rings is 1. The highest BCUT2D eigenvalue weighted by molar-refractivity contribution is 5.98. The molecule has 0 aromatic carbocycles. The molecule has 0 fully saturated rings. The summed E-state index contributed by atoms with van der Waals surface area (Å²) in [5.41, 5.74) is 2.44. The molecule has 2 aromatic heterocycles. The van der Waals surface area contributed by atoms with Gasteiger partial charge < -0.3 is 19.4 Å². The van der Waals surface area contributed by atoms with Gasteiger partial charge in [0.1, 0.15) is 0 Å². The van der Waals surface area contributed by atoms with Gasteiger partial charge in [-0.25, -0.2) is 9.97 Å². The third-order valence-electron chi connectivity index (χ3n) is 4.36. The van der Waals surface area contributed by atoms with Gasteiger partial charge in [-0.1, -0.05) is 6.92 Å². The number of carbonyl (C=O) groups is 2. The van der Waals surface area contributed by atoms with Gasteiger partial charge in [0.15, 0.2) is 5.89 Å². The summed E-state index contributed by atoms with van der Waals surface area (Å²) in [6.07, 6.45) is 0.618. The first-order valence-corrected chi connectivity index (χ1v) is 8.59. The van der Waals surface area contributed by atoms with Crippen molar-refractivity contribution < 1.29 is 18.7 Å². The van der Waals surface area contributed by atoms with E-state index in [0.29, 0.717) is 53.8 Å². The van der Waals surface area contributed by atoms with Crippen LogP contribution in [0.15, 0.2) is 10.5 Å². The van der Waals surface area contributed by atoms with Gasteiger partial charge in [-0.15, -0.1) is 0 Å². The van der Waals surface area contributed by atoms with E-state index in [1.54, 1.807) is 17.9 Å². The molecule has 0 saturated carbocycles. The summed E-state index contributed by atoms with van der Waals surface area (Å²) in [6, 6.07) is 1.74. The Bertz CT molecular complexity index is 859. The van der Waals surface area contributed by atoms with Crippen molar-refractivity contribution in [1.29, 1.82) is 0 Å². The second-order valence-electron chi connectivity index (χ2n) is 6.03. The molecular weight excluding hydrogens is 336 g/mol. The minimum absolute atomic E-state index is 0.0519. The van der Waals surface area contributed by atoms with E-state index in [9.17, 15) is 9.59 Å². The number of pyridine rings is 1. The van der Waals surface area contributed by atoms with Gasteiger partial charge in [0, 0.05) is 25.1 Å². The van der Waals surface area contributed by atoms with Crippen LogP contribution < -0.4 is 10.1 Å². The monoisotopic (exact) mass is 358 g/mol. The van der Waals surface area contributed by atoms with Crippen molar-refractivity contribution in [3.63, 3.8) is 0 Å². The zero-order valence-corrected chi connectivity index (χ0v) is 15.4. The fourth-order valence-electron chi connectivity index (χ4n) is 2.93. The maximum Gasteiger partial charge on any atom is 0.289 e. The average Bonchev–Trinajstić information content (AvgIpc) is 3.18. The molecule has 1 aliphatic heterocycles. The lowest BCUT2D eigenvalue weighted by molar-refractivity contribution is 0.0786. The molecule has 0 bridgehead atoms. The Kier molecular flexibility index (Phi) is 4.92. The Morgan fingerprint density at radius 2 is 2.15 bits per heavy atom. The van der Waals surface area contributed by atoms with E-state index in [2.05, 4.69) is 15.3 Å². The predicted molar refractivity (Wildman–Crippen MR) is 93.0 cm³/mol. The van der Waals surface area contributed by atoms with Crippen molar-refractivity contribution in [3.05, 3.63) is 40.2 Å². The van der Waals surface area contributed by atoms with Crippen molar-refractivity contribution in [2.75, 3.05) is 13.7 Å². The molecule has 0 radical (unpaired) electrons. The van der Waals surface area contributed by atoms with E-state index >= 15 is 0 Å².